The van der Waals surface area contributed by atoms with Gasteiger partial charge in [0.05, 0.1) is 0 Å². The van der Waals surface area contributed by atoms with Gasteiger partial charge in [-0.3, -0.25) is 4.79 Å². The first-order chi connectivity index (χ1) is 9.16. The number of rotatable bonds is 10. The summed E-state index contributed by atoms with van der Waals surface area (Å²) >= 11 is 0. The van der Waals surface area contributed by atoms with Crippen molar-refractivity contribution in [2.45, 2.75) is 105 Å². The maximum atomic E-state index is 12.0. The molecule has 0 heterocycles. The van der Waals surface area contributed by atoms with E-state index in [-0.39, 0.29) is 16.9 Å². The van der Waals surface area contributed by atoms with Crippen LogP contribution in [0.25, 0.3) is 0 Å². The van der Waals surface area contributed by atoms with Gasteiger partial charge in [-0.05, 0) is 32.1 Å². The zero-order chi connectivity index (χ0) is 15.6. The molecule has 0 aromatic rings. The molecule has 2 nitrogen and oxygen atoms in total. The Kier molecular flexibility index (Phi) is 9.16. The molecule has 0 aliphatic heterocycles. The van der Waals surface area contributed by atoms with Crippen molar-refractivity contribution in [2.75, 3.05) is 0 Å². The number of carbonyl (C=O) groups is 1. The first-order valence-corrected chi connectivity index (χ1v) is 8.47. The van der Waals surface area contributed by atoms with Crippen LogP contribution < -0.4 is 5.32 Å². The van der Waals surface area contributed by atoms with Gasteiger partial charge in [0.1, 0.15) is 0 Å². The van der Waals surface area contributed by atoms with Crippen LogP contribution in [0.5, 0.6) is 0 Å². The zero-order valence-corrected chi connectivity index (χ0v) is 14.8. The van der Waals surface area contributed by atoms with Gasteiger partial charge in [0.2, 0.25) is 5.91 Å². The van der Waals surface area contributed by atoms with Gasteiger partial charge in [0, 0.05) is 12.0 Å². The minimum absolute atomic E-state index is 0.101. The Morgan fingerprint density at radius 2 is 1.35 bits per heavy atom. The summed E-state index contributed by atoms with van der Waals surface area (Å²) in [7, 11) is 0. The van der Waals surface area contributed by atoms with Crippen LogP contribution in [0.15, 0.2) is 0 Å². The third kappa shape index (κ3) is 12.5. The summed E-state index contributed by atoms with van der Waals surface area (Å²) in [5.74, 6) is 0.216. The molecule has 0 aliphatic carbocycles. The highest BCUT2D eigenvalue weighted by Gasteiger charge is 2.26. The average Bonchev–Trinajstić information content (AvgIpc) is 2.23. The van der Waals surface area contributed by atoms with Gasteiger partial charge in [-0.15, -0.1) is 0 Å². The molecular formula is C18H37NO. The standard InChI is InChI=1S/C18H37NO/c1-7-8-9-10-11-12-13-14-16(20)19-18(5,6)15-17(2,3)4/h7-15H2,1-6H3,(H,19,20). The van der Waals surface area contributed by atoms with Crippen LogP contribution in [0.2, 0.25) is 0 Å². The lowest BCUT2D eigenvalue weighted by Gasteiger charge is -2.33. The largest absolute Gasteiger partial charge is 0.351 e. The van der Waals surface area contributed by atoms with Crippen molar-refractivity contribution in [3.8, 4) is 0 Å². The molecule has 0 aliphatic rings. The topological polar surface area (TPSA) is 29.1 Å². The summed E-state index contributed by atoms with van der Waals surface area (Å²) in [5, 5.41) is 3.19. The SMILES string of the molecule is CCCCCCCCCC(=O)NC(C)(C)CC(C)(C)C. The Bertz CT molecular complexity index is 263. The minimum Gasteiger partial charge on any atom is -0.351 e. The van der Waals surface area contributed by atoms with Crippen LogP contribution in [-0.2, 0) is 4.79 Å². The number of unbranched alkanes of at least 4 members (excludes halogenated alkanes) is 6. The van der Waals surface area contributed by atoms with E-state index in [1.54, 1.807) is 0 Å². The molecule has 0 unspecified atom stereocenters. The fraction of sp³-hybridized carbons (Fsp3) is 0.944. The van der Waals surface area contributed by atoms with Crippen LogP contribution in [0.3, 0.4) is 0 Å². The summed E-state index contributed by atoms with van der Waals surface area (Å²) in [6.07, 6.45) is 10.5. The van der Waals surface area contributed by atoms with E-state index in [0.717, 1.165) is 12.8 Å². The van der Waals surface area contributed by atoms with Gasteiger partial charge in [-0.1, -0.05) is 66.2 Å². The first kappa shape index (κ1) is 19.5. The highest BCUT2D eigenvalue weighted by Crippen LogP contribution is 2.26. The molecule has 1 N–H and O–H groups in total. The normalized spacial score (nSPS) is 12.5. The minimum atomic E-state index is -0.101. The molecule has 0 rings (SSSR count). The van der Waals surface area contributed by atoms with Gasteiger partial charge >= 0.3 is 0 Å². The Morgan fingerprint density at radius 3 is 1.85 bits per heavy atom. The van der Waals surface area contributed by atoms with Gasteiger partial charge in [-0.2, -0.15) is 0 Å². The van der Waals surface area contributed by atoms with E-state index in [1.807, 2.05) is 0 Å². The second-order valence-electron chi connectivity index (χ2n) is 8.04. The zero-order valence-electron chi connectivity index (χ0n) is 14.8. The van der Waals surface area contributed by atoms with Gasteiger partial charge in [0.15, 0.2) is 0 Å². The van der Waals surface area contributed by atoms with Crippen LogP contribution in [-0.4, -0.2) is 11.4 Å². The molecule has 0 saturated heterocycles. The molecule has 1 amide bonds. The third-order valence-corrected chi connectivity index (χ3v) is 3.46. The predicted octanol–water partition coefficient (Wildman–Crippen LogP) is 5.46. The smallest absolute Gasteiger partial charge is 0.220 e. The van der Waals surface area contributed by atoms with Gasteiger partial charge in [0.25, 0.3) is 0 Å². The first-order valence-electron chi connectivity index (χ1n) is 8.47. The molecule has 0 saturated carbocycles. The quantitative estimate of drug-likeness (QED) is 0.530. The molecule has 0 radical (unpaired) electrons. The Labute approximate surface area is 127 Å². The molecule has 0 spiro atoms. The molecule has 0 atom stereocenters. The summed E-state index contributed by atoms with van der Waals surface area (Å²) in [4.78, 5) is 12.0. The van der Waals surface area contributed by atoms with Crippen molar-refractivity contribution in [1.29, 1.82) is 0 Å². The van der Waals surface area contributed by atoms with E-state index in [2.05, 4.69) is 46.9 Å². The maximum Gasteiger partial charge on any atom is 0.220 e. The number of hydrogen-bond donors (Lipinski definition) is 1. The van der Waals surface area contributed by atoms with E-state index in [0.29, 0.717) is 6.42 Å². The van der Waals surface area contributed by atoms with Crippen molar-refractivity contribution in [2.24, 2.45) is 5.41 Å². The lowest BCUT2D eigenvalue weighted by molar-refractivity contribution is -0.123. The number of hydrogen-bond acceptors (Lipinski definition) is 1. The van der Waals surface area contributed by atoms with Crippen molar-refractivity contribution < 1.29 is 4.79 Å². The fourth-order valence-corrected chi connectivity index (χ4v) is 3.05. The molecule has 0 fully saturated rings. The highest BCUT2D eigenvalue weighted by molar-refractivity contribution is 5.76. The van der Waals surface area contributed by atoms with Gasteiger partial charge < -0.3 is 5.32 Å². The number of carbonyl (C=O) groups excluding carboxylic acids is 1. The van der Waals surface area contributed by atoms with E-state index in [1.165, 1.54) is 38.5 Å². The van der Waals surface area contributed by atoms with Gasteiger partial charge in [-0.25, -0.2) is 0 Å². The maximum absolute atomic E-state index is 12.0. The van der Waals surface area contributed by atoms with Crippen molar-refractivity contribution >= 4 is 5.91 Å². The third-order valence-electron chi connectivity index (χ3n) is 3.46. The highest BCUT2D eigenvalue weighted by atomic mass is 16.1. The fourth-order valence-electron chi connectivity index (χ4n) is 3.05. The van der Waals surface area contributed by atoms with E-state index in [9.17, 15) is 4.79 Å². The number of nitrogens with one attached hydrogen (secondary N) is 1. The molecule has 0 bridgehead atoms. The number of amides is 1. The second kappa shape index (κ2) is 9.41. The van der Waals surface area contributed by atoms with Crippen LogP contribution in [0.4, 0.5) is 0 Å². The monoisotopic (exact) mass is 283 g/mol. The summed E-state index contributed by atoms with van der Waals surface area (Å²) in [6.45, 7) is 13.1. The van der Waals surface area contributed by atoms with E-state index < -0.39 is 0 Å². The van der Waals surface area contributed by atoms with Crippen molar-refractivity contribution in [3.05, 3.63) is 0 Å². The summed E-state index contributed by atoms with van der Waals surface area (Å²) < 4.78 is 0. The van der Waals surface area contributed by atoms with Crippen LogP contribution >= 0.6 is 0 Å². The Morgan fingerprint density at radius 1 is 0.850 bits per heavy atom. The van der Waals surface area contributed by atoms with Crippen molar-refractivity contribution in [1.82, 2.24) is 5.32 Å². The van der Waals surface area contributed by atoms with E-state index >= 15 is 0 Å². The predicted molar refractivity (Wildman–Crippen MR) is 88.9 cm³/mol. The molecule has 2 heteroatoms. The second-order valence-corrected chi connectivity index (χ2v) is 8.04. The van der Waals surface area contributed by atoms with Crippen LogP contribution in [0, 0.1) is 5.41 Å². The van der Waals surface area contributed by atoms with Crippen molar-refractivity contribution in [3.63, 3.8) is 0 Å². The molecular weight excluding hydrogens is 246 g/mol. The lowest BCUT2D eigenvalue weighted by Crippen LogP contribution is -2.45. The van der Waals surface area contributed by atoms with E-state index in [4.69, 9.17) is 0 Å². The Balaban J connectivity index is 3.72. The molecule has 0 aromatic carbocycles. The molecule has 0 aromatic heterocycles. The lowest BCUT2D eigenvalue weighted by atomic mass is 9.81. The summed E-state index contributed by atoms with van der Waals surface area (Å²) in [6, 6.07) is 0. The average molecular weight is 284 g/mol. The summed E-state index contributed by atoms with van der Waals surface area (Å²) in [5.41, 5.74) is 0.145. The molecule has 20 heavy (non-hydrogen) atoms. The Hall–Kier alpha value is -0.530. The molecule has 120 valence electrons. The van der Waals surface area contributed by atoms with Crippen LogP contribution in [0.1, 0.15) is 99.3 Å².